The van der Waals surface area contributed by atoms with E-state index < -0.39 is 0 Å². The average molecular weight is 477 g/mol. The fourth-order valence-electron chi connectivity index (χ4n) is 3.03. The Morgan fingerprint density at radius 1 is 1.06 bits per heavy atom. The lowest BCUT2D eigenvalue weighted by atomic mass is 10.0. The number of nitrogens with one attached hydrogen (secondary N) is 3. The van der Waals surface area contributed by atoms with Crippen LogP contribution in [0.25, 0.3) is 5.57 Å². The molecule has 2 aromatic carbocycles. The molecule has 0 saturated heterocycles. The van der Waals surface area contributed by atoms with Crippen molar-refractivity contribution in [3.8, 4) is 0 Å². The van der Waals surface area contributed by atoms with Crippen molar-refractivity contribution in [2.75, 3.05) is 32.0 Å². The molecule has 0 bridgehead atoms. The maximum Gasteiger partial charge on any atom is 0.139 e. The Bertz CT molecular complexity index is 1010. The summed E-state index contributed by atoms with van der Waals surface area (Å²) in [5.74, 6) is -0.290. The maximum absolute atomic E-state index is 13.5. The molecule has 0 amide bonds. The molecule has 188 valence electrons. The van der Waals surface area contributed by atoms with E-state index in [2.05, 4.69) is 78.3 Å². The van der Waals surface area contributed by atoms with Gasteiger partial charge in [0.25, 0.3) is 0 Å². The predicted molar refractivity (Wildman–Crippen MR) is 153 cm³/mol. The van der Waals surface area contributed by atoms with Gasteiger partial charge in [0.2, 0.25) is 0 Å². The van der Waals surface area contributed by atoms with Gasteiger partial charge in [0.15, 0.2) is 0 Å². The molecule has 0 aliphatic heterocycles. The van der Waals surface area contributed by atoms with Crippen LogP contribution in [0.4, 0.5) is 10.1 Å². The molecule has 4 nitrogen and oxygen atoms in total. The van der Waals surface area contributed by atoms with Gasteiger partial charge in [-0.15, -0.1) is 0 Å². The third-order valence-electron chi connectivity index (χ3n) is 5.14. The molecule has 0 radical (unpaired) electrons. The summed E-state index contributed by atoms with van der Waals surface area (Å²) in [5, 5.41) is 9.44. The fraction of sp³-hybridized carbons (Fsp3) is 0.300. The molecule has 0 aromatic heterocycles. The van der Waals surface area contributed by atoms with Crippen LogP contribution in [-0.4, -0.2) is 32.9 Å². The lowest BCUT2D eigenvalue weighted by molar-refractivity contribution is 0.672. The van der Waals surface area contributed by atoms with E-state index in [9.17, 15) is 4.39 Å². The highest BCUT2D eigenvalue weighted by Gasteiger charge is 2.03. The second-order valence-electron chi connectivity index (χ2n) is 8.26. The van der Waals surface area contributed by atoms with Crippen LogP contribution in [0, 0.1) is 6.92 Å². The standard InChI is InChI=1S/C20H28FN3.C10H13N/c1-15(2)20(21)14-23-13-18(24-11-10-22-5)12-17(4)19-9-7-6-8-16(19)3;1-3-9-5-7-10(8-6-9)11-4-2/h6-9,12,14,22,24H,4,10-11,13H2,1-3,5H3;4-8,11H,2-3H2,1H3/b18-12+,23-14?;. The number of likely N-dealkylation sites (N-methyl/N-ethyl adjacent to an activating group) is 1. The number of halogens is 1. The van der Waals surface area contributed by atoms with Gasteiger partial charge in [-0.1, -0.05) is 56.5 Å². The zero-order valence-corrected chi connectivity index (χ0v) is 21.9. The predicted octanol–water partition coefficient (Wildman–Crippen LogP) is 6.84. The summed E-state index contributed by atoms with van der Waals surface area (Å²) in [5.41, 5.74) is 7.18. The van der Waals surface area contributed by atoms with Crippen molar-refractivity contribution in [2.24, 2.45) is 4.99 Å². The topological polar surface area (TPSA) is 48.5 Å². The van der Waals surface area contributed by atoms with Crippen LogP contribution in [0.1, 0.15) is 37.5 Å². The number of nitrogens with zero attached hydrogens (tertiary/aromatic N) is 1. The number of aryl methyl sites for hydroxylation is 2. The molecule has 0 atom stereocenters. The number of rotatable bonds is 12. The van der Waals surface area contributed by atoms with E-state index in [4.69, 9.17) is 0 Å². The third-order valence-corrected chi connectivity index (χ3v) is 5.14. The van der Waals surface area contributed by atoms with Gasteiger partial charge in [-0.05, 0) is 86.5 Å². The Balaban J connectivity index is 0.000000462. The molecule has 0 spiro atoms. The first-order valence-electron chi connectivity index (χ1n) is 11.9. The molecule has 5 heteroatoms. The third kappa shape index (κ3) is 12.0. The summed E-state index contributed by atoms with van der Waals surface area (Å²) in [6.07, 6.45) is 6.03. The van der Waals surface area contributed by atoms with E-state index in [1.54, 1.807) is 20.0 Å². The monoisotopic (exact) mass is 476 g/mol. The second-order valence-corrected chi connectivity index (χ2v) is 8.26. The van der Waals surface area contributed by atoms with Crippen LogP contribution in [-0.2, 0) is 6.42 Å². The van der Waals surface area contributed by atoms with E-state index in [1.807, 2.05) is 31.3 Å². The van der Waals surface area contributed by atoms with E-state index in [-0.39, 0.29) is 5.83 Å². The number of hydrogen-bond donors (Lipinski definition) is 3. The second kappa shape index (κ2) is 17.1. The first-order chi connectivity index (χ1) is 16.8. The Morgan fingerprint density at radius 2 is 1.74 bits per heavy atom. The van der Waals surface area contributed by atoms with Crippen LogP contribution in [0.2, 0.25) is 0 Å². The smallest absolute Gasteiger partial charge is 0.139 e. The van der Waals surface area contributed by atoms with Crippen LogP contribution in [0.5, 0.6) is 0 Å². The molecule has 0 aliphatic carbocycles. The van der Waals surface area contributed by atoms with Gasteiger partial charge in [0.1, 0.15) is 5.83 Å². The summed E-state index contributed by atoms with van der Waals surface area (Å²) in [7, 11) is 1.90. The van der Waals surface area contributed by atoms with Crippen molar-refractivity contribution in [2.45, 2.75) is 34.1 Å². The minimum atomic E-state index is -0.290. The van der Waals surface area contributed by atoms with Crippen LogP contribution in [0.15, 0.2) is 96.1 Å². The molecule has 2 aromatic rings. The number of benzene rings is 2. The molecular weight excluding hydrogens is 435 g/mol. The summed E-state index contributed by atoms with van der Waals surface area (Å²) in [6.45, 7) is 17.4. The minimum absolute atomic E-state index is 0.290. The lowest BCUT2D eigenvalue weighted by Crippen LogP contribution is -2.25. The van der Waals surface area contributed by atoms with Gasteiger partial charge in [-0.25, -0.2) is 4.39 Å². The van der Waals surface area contributed by atoms with Gasteiger partial charge >= 0.3 is 0 Å². The highest BCUT2D eigenvalue weighted by Crippen LogP contribution is 2.19. The number of hydrogen-bond acceptors (Lipinski definition) is 4. The summed E-state index contributed by atoms with van der Waals surface area (Å²) in [6, 6.07) is 16.5. The van der Waals surface area contributed by atoms with Crippen LogP contribution >= 0.6 is 0 Å². The van der Waals surface area contributed by atoms with Crippen molar-refractivity contribution in [3.63, 3.8) is 0 Å². The summed E-state index contributed by atoms with van der Waals surface area (Å²) >= 11 is 0. The van der Waals surface area contributed by atoms with Crippen LogP contribution < -0.4 is 16.0 Å². The van der Waals surface area contributed by atoms with E-state index in [0.29, 0.717) is 12.1 Å². The zero-order chi connectivity index (χ0) is 26.1. The van der Waals surface area contributed by atoms with Crippen molar-refractivity contribution >= 4 is 17.5 Å². The Labute approximate surface area is 211 Å². The Hall–Kier alpha value is -3.44. The molecule has 0 fully saturated rings. The summed E-state index contributed by atoms with van der Waals surface area (Å²) < 4.78 is 13.5. The largest absolute Gasteiger partial charge is 0.386 e. The van der Waals surface area contributed by atoms with Gasteiger partial charge in [-0.3, -0.25) is 4.99 Å². The lowest BCUT2D eigenvalue weighted by Gasteiger charge is -2.11. The first kappa shape index (κ1) is 29.6. The van der Waals surface area contributed by atoms with E-state index >= 15 is 0 Å². The van der Waals surface area contributed by atoms with E-state index in [1.165, 1.54) is 17.3 Å². The van der Waals surface area contributed by atoms with Crippen molar-refractivity contribution < 1.29 is 4.39 Å². The highest BCUT2D eigenvalue weighted by atomic mass is 19.1. The van der Waals surface area contributed by atoms with Crippen molar-refractivity contribution in [3.05, 3.63) is 108 Å². The minimum Gasteiger partial charge on any atom is -0.386 e. The van der Waals surface area contributed by atoms with Crippen molar-refractivity contribution in [1.82, 2.24) is 10.6 Å². The normalized spacial score (nSPS) is 10.9. The molecule has 0 unspecified atom stereocenters. The zero-order valence-electron chi connectivity index (χ0n) is 21.9. The van der Waals surface area contributed by atoms with Crippen molar-refractivity contribution in [1.29, 1.82) is 0 Å². The molecule has 3 N–H and O–H groups in total. The van der Waals surface area contributed by atoms with Gasteiger partial charge in [-0.2, -0.15) is 0 Å². The fourth-order valence-corrected chi connectivity index (χ4v) is 3.03. The van der Waals surface area contributed by atoms with Gasteiger partial charge in [0.05, 0.1) is 12.8 Å². The Kier molecular flexibility index (Phi) is 14.4. The molecule has 0 aliphatic rings. The number of allylic oxidation sites excluding steroid dienone is 4. The molecule has 35 heavy (non-hydrogen) atoms. The molecular formula is C30H41FN4. The maximum atomic E-state index is 13.5. The highest BCUT2D eigenvalue weighted by molar-refractivity contribution is 5.77. The number of anilines is 1. The Morgan fingerprint density at radius 3 is 2.31 bits per heavy atom. The quantitative estimate of drug-likeness (QED) is 0.179. The average Bonchev–Trinajstić information content (AvgIpc) is 2.85. The van der Waals surface area contributed by atoms with Crippen LogP contribution in [0.3, 0.4) is 0 Å². The SMILES string of the molecule is C=C(/C=C(\CN=CC(F)=C(C)C)NCCNC)c1ccccc1C.C=CNc1ccc(CC)cc1. The summed E-state index contributed by atoms with van der Waals surface area (Å²) in [4.78, 5) is 4.19. The van der Waals surface area contributed by atoms with Gasteiger partial charge in [0, 0.05) is 24.5 Å². The number of aliphatic imine (C=N–C) groups is 1. The molecule has 0 saturated carbocycles. The molecule has 2 rings (SSSR count). The van der Waals surface area contributed by atoms with Gasteiger partial charge < -0.3 is 16.0 Å². The van der Waals surface area contributed by atoms with E-state index in [0.717, 1.165) is 42.0 Å². The first-order valence-corrected chi connectivity index (χ1v) is 11.9. The molecule has 0 heterocycles.